The maximum Gasteiger partial charge on any atom is 0.230 e. The molecule has 1 heterocycles. The molecule has 0 saturated carbocycles. The fourth-order valence-electron chi connectivity index (χ4n) is 1.23. The van der Waals surface area contributed by atoms with Crippen molar-refractivity contribution in [2.45, 2.75) is 12.5 Å². The van der Waals surface area contributed by atoms with Crippen LogP contribution in [0.1, 0.15) is 6.92 Å². The van der Waals surface area contributed by atoms with E-state index in [1.54, 1.807) is 0 Å². The minimum atomic E-state index is 0.0527. The van der Waals surface area contributed by atoms with E-state index in [2.05, 4.69) is 5.32 Å². The number of hydrogen-bond acceptors (Lipinski definition) is 1. The third-order valence-electron chi connectivity index (χ3n) is 1.96. The molecule has 1 saturated heterocycles. The Bertz CT molecular complexity index is 185. The molecule has 0 radical (unpaired) electrons. The highest BCUT2D eigenvalue weighted by atomic mass is 16.2. The van der Waals surface area contributed by atoms with Gasteiger partial charge in [-0.05, 0) is 6.92 Å². The van der Waals surface area contributed by atoms with E-state index in [1.165, 1.54) is 0 Å². The van der Waals surface area contributed by atoms with E-state index in [0.29, 0.717) is 0 Å². The molecule has 0 unspecified atom stereocenters. The summed E-state index contributed by atoms with van der Waals surface area (Å²) in [6, 6.07) is 0. The summed E-state index contributed by atoms with van der Waals surface area (Å²) in [5.41, 5.74) is 0.0527. The highest BCUT2D eigenvalue weighted by Crippen LogP contribution is 2.37. The van der Waals surface area contributed by atoms with E-state index in [9.17, 15) is 4.79 Å². The Hall–Kier alpha value is -0.790. The molecule has 0 aromatic carbocycles. The summed E-state index contributed by atoms with van der Waals surface area (Å²) in [5, 5.41) is 2.79. The quantitative estimate of drug-likeness (QED) is 0.346. The van der Waals surface area contributed by atoms with E-state index in [4.69, 9.17) is 0 Å². The first-order valence-corrected chi connectivity index (χ1v) is 2.74. The van der Waals surface area contributed by atoms with Crippen LogP contribution in [0.25, 0.3) is 0 Å². The second kappa shape index (κ2) is 0.835. The summed E-state index contributed by atoms with van der Waals surface area (Å²) < 4.78 is 0. The van der Waals surface area contributed by atoms with Crippen molar-refractivity contribution in [1.82, 2.24) is 5.32 Å². The van der Waals surface area contributed by atoms with Crippen LogP contribution in [0, 0.1) is 5.92 Å². The van der Waals surface area contributed by atoms with Crippen molar-refractivity contribution in [2.24, 2.45) is 5.92 Å². The number of amides is 1. The molecule has 0 aromatic rings. The molecular weight excluding hydrogens is 102 g/mol. The van der Waals surface area contributed by atoms with E-state index < -0.39 is 0 Å². The van der Waals surface area contributed by atoms with Gasteiger partial charge in [-0.25, -0.2) is 0 Å². The van der Waals surface area contributed by atoms with Gasteiger partial charge >= 0.3 is 0 Å². The van der Waals surface area contributed by atoms with Crippen molar-refractivity contribution in [1.29, 1.82) is 0 Å². The zero-order valence-corrected chi connectivity index (χ0v) is 4.64. The number of carbonyl (C=O) groups is 1. The maximum absolute atomic E-state index is 10.5. The monoisotopic (exact) mass is 109 g/mol. The second-order valence-electron chi connectivity index (χ2n) is 2.61. The van der Waals surface area contributed by atoms with Crippen molar-refractivity contribution in [3.63, 3.8) is 0 Å². The zero-order valence-electron chi connectivity index (χ0n) is 4.64. The molecule has 1 fully saturated rings. The first kappa shape index (κ1) is 4.13. The Balaban J connectivity index is 2.34. The van der Waals surface area contributed by atoms with Gasteiger partial charge in [-0.2, -0.15) is 0 Å². The predicted octanol–water partition coefficient (Wildman–Crippen LogP) is 0.0609. The molecule has 0 bridgehead atoms. The lowest BCUT2D eigenvalue weighted by molar-refractivity contribution is -0.136. The van der Waals surface area contributed by atoms with Gasteiger partial charge < -0.3 is 5.32 Å². The van der Waals surface area contributed by atoms with Crippen molar-refractivity contribution in [3.05, 3.63) is 12.2 Å². The van der Waals surface area contributed by atoms with Crippen molar-refractivity contribution >= 4 is 5.91 Å². The summed E-state index contributed by atoms with van der Waals surface area (Å²) in [5.74, 6) is 0.373. The Morgan fingerprint density at radius 3 is 2.62 bits per heavy atom. The molecule has 2 nitrogen and oxygen atoms in total. The number of nitrogens with one attached hydrogen (secondary N) is 1. The van der Waals surface area contributed by atoms with Crippen LogP contribution in [0.15, 0.2) is 12.2 Å². The Kier molecular flexibility index (Phi) is 0.430. The van der Waals surface area contributed by atoms with Gasteiger partial charge in [-0.15, -0.1) is 0 Å². The predicted molar refractivity (Wildman–Crippen MR) is 29.2 cm³/mol. The number of hydrogen-bond donors (Lipinski definition) is 1. The van der Waals surface area contributed by atoms with Crippen LogP contribution in [-0.4, -0.2) is 11.4 Å². The Morgan fingerprint density at radius 2 is 2.62 bits per heavy atom. The molecule has 1 aliphatic carbocycles. The third-order valence-corrected chi connectivity index (χ3v) is 1.96. The summed E-state index contributed by atoms with van der Waals surface area (Å²) in [6.45, 7) is 2.03. The maximum atomic E-state index is 10.5. The number of fused-ring (bicyclic) bond motifs is 1. The SMILES string of the molecule is C[C@@]12C=C[C@@H]1C(=O)N2. The smallest absolute Gasteiger partial charge is 0.230 e. The lowest BCUT2D eigenvalue weighted by Crippen LogP contribution is -2.69. The molecule has 2 rings (SSSR count). The fraction of sp³-hybridized carbons (Fsp3) is 0.500. The minimum Gasteiger partial charge on any atom is -0.346 e. The van der Waals surface area contributed by atoms with E-state index >= 15 is 0 Å². The average molecular weight is 109 g/mol. The molecule has 0 spiro atoms. The van der Waals surface area contributed by atoms with Gasteiger partial charge in [0.05, 0.1) is 11.5 Å². The van der Waals surface area contributed by atoms with Crippen molar-refractivity contribution in [3.8, 4) is 0 Å². The second-order valence-corrected chi connectivity index (χ2v) is 2.61. The molecule has 1 N–H and O–H groups in total. The van der Waals surface area contributed by atoms with Crippen LogP contribution in [0.2, 0.25) is 0 Å². The first-order valence-electron chi connectivity index (χ1n) is 2.74. The molecule has 1 amide bonds. The minimum absolute atomic E-state index is 0.0527. The van der Waals surface area contributed by atoms with Gasteiger partial charge in [-0.1, -0.05) is 12.2 Å². The summed E-state index contributed by atoms with van der Waals surface area (Å²) in [6.07, 6.45) is 3.97. The lowest BCUT2D eigenvalue weighted by Gasteiger charge is -2.49. The zero-order chi connectivity index (χ0) is 5.78. The van der Waals surface area contributed by atoms with Gasteiger partial charge in [0.2, 0.25) is 5.91 Å². The molecule has 42 valence electrons. The Morgan fingerprint density at radius 1 is 1.88 bits per heavy atom. The number of β-lactam (4-membered cyclic amide) rings is 1. The van der Waals surface area contributed by atoms with E-state index in [1.807, 2.05) is 19.1 Å². The first-order chi connectivity index (χ1) is 3.72. The number of carbonyl (C=O) groups excluding carboxylic acids is 1. The molecule has 2 aliphatic rings. The van der Waals surface area contributed by atoms with Crippen LogP contribution in [0.5, 0.6) is 0 Å². The van der Waals surface area contributed by atoms with Gasteiger partial charge in [0.15, 0.2) is 0 Å². The average Bonchev–Trinajstić information content (AvgIpc) is 1.64. The standard InChI is InChI=1S/C6H7NO/c1-6-3-2-4(6)5(8)7-6/h2-4H,1H3,(H,7,8)/t4-,6-/m1/s1. The summed E-state index contributed by atoms with van der Waals surface area (Å²) in [4.78, 5) is 10.5. The van der Waals surface area contributed by atoms with Gasteiger partial charge in [0.1, 0.15) is 0 Å². The Labute approximate surface area is 47.6 Å². The van der Waals surface area contributed by atoms with Gasteiger partial charge in [-0.3, -0.25) is 4.79 Å². The van der Waals surface area contributed by atoms with Crippen LogP contribution in [-0.2, 0) is 4.79 Å². The highest BCUT2D eigenvalue weighted by Gasteiger charge is 2.51. The molecule has 2 atom stereocenters. The molecule has 0 aromatic heterocycles. The van der Waals surface area contributed by atoms with Crippen molar-refractivity contribution in [2.75, 3.05) is 0 Å². The van der Waals surface area contributed by atoms with Gasteiger partial charge in [0, 0.05) is 0 Å². The largest absolute Gasteiger partial charge is 0.346 e. The lowest BCUT2D eigenvalue weighted by atomic mass is 9.69. The highest BCUT2D eigenvalue weighted by molar-refractivity contribution is 5.92. The van der Waals surface area contributed by atoms with Crippen LogP contribution < -0.4 is 5.32 Å². The summed E-state index contributed by atoms with van der Waals surface area (Å²) >= 11 is 0. The molecule has 2 heteroatoms. The van der Waals surface area contributed by atoms with E-state index in [0.717, 1.165) is 0 Å². The molecule has 8 heavy (non-hydrogen) atoms. The molecular formula is C6H7NO. The van der Waals surface area contributed by atoms with E-state index in [-0.39, 0.29) is 17.4 Å². The third kappa shape index (κ3) is 0.226. The molecule has 1 aliphatic heterocycles. The number of rotatable bonds is 0. The fourth-order valence-corrected chi connectivity index (χ4v) is 1.23. The topological polar surface area (TPSA) is 29.1 Å². The van der Waals surface area contributed by atoms with Crippen LogP contribution in [0.4, 0.5) is 0 Å². The van der Waals surface area contributed by atoms with Crippen molar-refractivity contribution < 1.29 is 4.79 Å². The summed E-state index contributed by atoms with van der Waals surface area (Å²) in [7, 11) is 0. The van der Waals surface area contributed by atoms with Crippen LogP contribution in [0.3, 0.4) is 0 Å². The van der Waals surface area contributed by atoms with Gasteiger partial charge in [0.25, 0.3) is 0 Å². The van der Waals surface area contributed by atoms with Crippen LogP contribution >= 0.6 is 0 Å². The normalized spacial score (nSPS) is 48.6.